The summed E-state index contributed by atoms with van der Waals surface area (Å²) in [5.41, 5.74) is 8.13. The fourth-order valence-electron chi connectivity index (χ4n) is 3.27. The lowest BCUT2D eigenvalue weighted by atomic mass is 10.00. The van der Waals surface area contributed by atoms with Gasteiger partial charge in [0.1, 0.15) is 5.82 Å². The zero-order chi connectivity index (χ0) is 17.2. The highest BCUT2D eigenvalue weighted by molar-refractivity contribution is 5.67. The molecule has 1 saturated heterocycles. The number of hydrogen-bond acceptors (Lipinski definition) is 6. The Labute approximate surface area is 144 Å². The molecule has 1 aliphatic rings. The highest BCUT2D eigenvalue weighted by Crippen LogP contribution is 2.38. The summed E-state index contributed by atoms with van der Waals surface area (Å²) in [5, 5.41) is 0. The minimum atomic E-state index is -0.296. The predicted octanol–water partition coefficient (Wildman–Crippen LogP) is 3.00. The summed E-state index contributed by atoms with van der Waals surface area (Å²) in [4.78, 5) is 19.4. The Balaban J connectivity index is 1.80. The SMILES string of the molecule is Nc1ncc(-c2cccc(F)c2)c([C@@H]2CCCN2c2ncccn2)n1. The Morgan fingerprint density at radius 3 is 2.76 bits per heavy atom. The van der Waals surface area contributed by atoms with Crippen molar-refractivity contribution in [1.82, 2.24) is 19.9 Å². The molecule has 2 aromatic heterocycles. The van der Waals surface area contributed by atoms with Crippen LogP contribution in [0.3, 0.4) is 0 Å². The van der Waals surface area contributed by atoms with Crippen LogP contribution in [0.15, 0.2) is 48.9 Å². The molecule has 2 N–H and O–H groups in total. The third kappa shape index (κ3) is 3.00. The number of hydrogen-bond donors (Lipinski definition) is 1. The van der Waals surface area contributed by atoms with Crippen LogP contribution in [0, 0.1) is 5.82 Å². The molecule has 0 bridgehead atoms. The smallest absolute Gasteiger partial charge is 0.225 e. The number of anilines is 2. The maximum absolute atomic E-state index is 13.7. The van der Waals surface area contributed by atoms with Gasteiger partial charge in [0.15, 0.2) is 0 Å². The van der Waals surface area contributed by atoms with Crippen molar-refractivity contribution in [2.45, 2.75) is 18.9 Å². The number of halogens is 1. The van der Waals surface area contributed by atoms with Gasteiger partial charge in [0.05, 0.1) is 11.7 Å². The average molecular weight is 336 g/mol. The zero-order valence-corrected chi connectivity index (χ0v) is 13.5. The standard InChI is InChI=1S/C18H17FN6/c19-13-5-1-4-12(10-13)14-11-23-17(20)24-16(14)15-6-2-9-25(15)18-21-7-3-8-22-18/h1,3-5,7-8,10-11,15H,2,6,9H2,(H2,20,23,24)/t15-/m0/s1. The van der Waals surface area contributed by atoms with E-state index in [0.717, 1.165) is 36.2 Å². The van der Waals surface area contributed by atoms with E-state index in [9.17, 15) is 4.39 Å². The molecule has 3 heterocycles. The van der Waals surface area contributed by atoms with Crippen molar-refractivity contribution >= 4 is 11.9 Å². The predicted molar refractivity (Wildman–Crippen MR) is 93.2 cm³/mol. The molecule has 1 aromatic carbocycles. The van der Waals surface area contributed by atoms with Crippen LogP contribution < -0.4 is 10.6 Å². The monoisotopic (exact) mass is 336 g/mol. The normalized spacial score (nSPS) is 17.0. The molecule has 1 aliphatic heterocycles. The molecular weight excluding hydrogens is 319 g/mol. The molecule has 6 nitrogen and oxygen atoms in total. The van der Waals surface area contributed by atoms with Crippen LogP contribution in [0.25, 0.3) is 11.1 Å². The third-order valence-corrected chi connectivity index (χ3v) is 4.35. The van der Waals surface area contributed by atoms with E-state index in [2.05, 4.69) is 24.8 Å². The van der Waals surface area contributed by atoms with Crippen molar-refractivity contribution in [2.75, 3.05) is 17.2 Å². The minimum Gasteiger partial charge on any atom is -0.368 e. The van der Waals surface area contributed by atoms with Gasteiger partial charge in [0, 0.05) is 30.7 Å². The van der Waals surface area contributed by atoms with Gasteiger partial charge in [-0.15, -0.1) is 0 Å². The van der Waals surface area contributed by atoms with Gasteiger partial charge in [-0.3, -0.25) is 0 Å². The second-order valence-corrected chi connectivity index (χ2v) is 5.94. The number of nitrogen functional groups attached to an aromatic ring is 1. The fraction of sp³-hybridized carbons (Fsp3) is 0.222. The van der Waals surface area contributed by atoms with Crippen LogP contribution in [0.2, 0.25) is 0 Å². The van der Waals surface area contributed by atoms with Crippen LogP contribution >= 0.6 is 0 Å². The first kappa shape index (κ1) is 15.4. The van der Waals surface area contributed by atoms with Gasteiger partial charge in [-0.2, -0.15) is 0 Å². The van der Waals surface area contributed by atoms with Gasteiger partial charge >= 0.3 is 0 Å². The van der Waals surface area contributed by atoms with Crippen molar-refractivity contribution < 1.29 is 4.39 Å². The van der Waals surface area contributed by atoms with Gasteiger partial charge in [-0.05, 0) is 36.6 Å². The van der Waals surface area contributed by atoms with Gasteiger partial charge in [0.25, 0.3) is 0 Å². The van der Waals surface area contributed by atoms with Crippen LogP contribution in [-0.2, 0) is 0 Å². The summed E-state index contributed by atoms with van der Waals surface area (Å²) >= 11 is 0. The number of rotatable bonds is 3. The molecule has 0 aliphatic carbocycles. The molecule has 0 saturated carbocycles. The molecule has 0 amide bonds. The second kappa shape index (κ2) is 6.43. The Morgan fingerprint density at radius 2 is 1.96 bits per heavy atom. The molecule has 1 fully saturated rings. The lowest BCUT2D eigenvalue weighted by Crippen LogP contribution is -2.26. The molecule has 25 heavy (non-hydrogen) atoms. The lowest BCUT2D eigenvalue weighted by molar-refractivity contribution is 0.628. The zero-order valence-electron chi connectivity index (χ0n) is 13.5. The first-order chi connectivity index (χ1) is 12.2. The molecule has 3 aromatic rings. The summed E-state index contributed by atoms with van der Waals surface area (Å²) in [6, 6.07) is 8.19. The largest absolute Gasteiger partial charge is 0.368 e. The molecule has 4 rings (SSSR count). The van der Waals surface area contributed by atoms with Gasteiger partial charge in [0.2, 0.25) is 11.9 Å². The Kier molecular flexibility index (Phi) is 3.97. The minimum absolute atomic E-state index is 0.0223. The fourth-order valence-corrected chi connectivity index (χ4v) is 3.27. The van der Waals surface area contributed by atoms with Crippen LogP contribution in [-0.4, -0.2) is 26.5 Å². The molecule has 1 atom stereocenters. The van der Waals surface area contributed by atoms with Crippen molar-refractivity contribution in [3.63, 3.8) is 0 Å². The van der Waals surface area contributed by atoms with E-state index in [1.165, 1.54) is 12.1 Å². The molecular formula is C18H17FN6. The highest BCUT2D eigenvalue weighted by Gasteiger charge is 2.31. The van der Waals surface area contributed by atoms with Crippen molar-refractivity contribution in [2.24, 2.45) is 0 Å². The van der Waals surface area contributed by atoms with Crippen LogP contribution in [0.4, 0.5) is 16.3 Å². The summed E-state index contributed by atoms with van der Waals surface area (Å²) in [7, 11) is 0. The van der Waals surface area contributed by atoms with Crippen LogP contribution in [0.5, 0.6) is 0 Å². The molecule has 0 radical (unpaired) electrons. The van der Waals surface area contributed by atoms with E-state index < -0.39 is 0 Å². The topological polar surface area (TPSA) is 80.8 Å². The first-order valence-electron chi connectivity index (χ1n) is 8.14. The van der Waals surface area contributed by atoms with E-state index >= 15 is 0 Å². The van der Waals surface area contributed by atoms with Crippen molar-refractivity contribution in [3.8, 4) is 11.1 Å². The van der Waals surface area contributed by atoms with Crippen molar-refractivity contribution in [3.05, 3.63) is 60.4 Å². The Bertz CT molecular complexity index is 886. The van der Waals surface area contributed by atoms with E-state index in [0.29, 0.717) is 5.95 Å². The summed E-state index contributed by atoms with van der Waals surface area (Å²) < 4.78 is 13.7. The molecule has 7 heteroatoms. The maximum Gasteiger partial charge on any atom is 0.225 e. The van der Waals surface area contributed by atoms with Crippen molar-refractivity contribution in [1.29, 1.82) is 0 Å². The van der Waals surface area contributed by atoms with E-state index in [1.54, 1.807) is 30.7 Å². The third-order valence-electron chi connectivity index (χ3n) is 4.35. The maximum atomic E-state index is 13.7. The van der Waals surface area contributed by atoms with Gasteiger partial charge in [-0.25, -0.2) is 24.3 Å². The quantitative estimate of drug-likeness (QED) is 0.792. The molecule has 126 valence electrons. The Morgan fingerprint density at radius 1 is 1.12 bits per heavy atom. The first-order valence-corrected chi connectivity index (χ1v) is 8.14. The number of aromatic nitrogens is 4. The molecule has 0 unspecified atom stereocenters. The van der Waals surface area contributed by atoms with Gasteiger partial charge in [-0.1, -0.05) is 12.1 Å². The van der Waals surface area contributed by atoms with Crippen LogP contribution in [0.1, 0.15) is 24.6 Å². The highest BCUT2D eigenvalue weighted by atomic mass is 19.1. The lowest BCUT2D eigenvalue weighted by Gasteiger charge is -2.25. The second-order valence-electron chi connectivity index (χ2n) is 5.94. The van der Waals surface area contributed by atoms with E-state index in [1.807, 2.05) is 6.07 Å². The Hall–Kier alpha value is -3.09. The van der Waals surface area contributed by atoms with Gasteiger partial charge < -0.3 is 10.6 Å². The summed E-state index contributed by atoms with van der Waals surface area (Å²) in [6.07, 6.45) is 7.00. The molecule has 0 spiro atoms. The summed E-state index contributed by atoms with van der Waals surface area (Å²) in [5.74, 6) is 0.568. The summed E-state index contributed by atoms with van der Waals surface area (Å²) in [6.45, 7) is 0.835. The number of benzene rings is 1. The number of nitrogens with zero attached hydrogens (tertiary/aromatic N) is 5. The average Bonchev–Trinajstić information content (AvgIpc) is 3.12. The number of nitrogens with two attached hydrogens (primary N) is 1. The van der Waals surface area contributed by atoms with E-state index in [-0.39, 0.29) is 17.8 Å². The van der Waals surface area contributed by atoms with E-state index in [4.69, 9.17) is 5.73 Å².